The summed E-state index contributed by atoms with van der Waals surface area (Å²) in [6.45, 7) is 1.85. The number of thioether (sulfide) groups is 1. The third-order valence-electron chi connectivity index (χ3n) is 4.68. The number of urea groups is 1. The van der Waals surface area contributed by atoms with Gasteiger partial charge in [-0.3, -0.25) is 0 Å². The Labute approximate surface area is 150 Å². The molecule has 1 aromatic carbocycles. The zero-order chi connectivity index (χ0) is 17.0. The Balaban J connectivity index is 0.000000292. The standard InChI is InChI=1S/C14H24N2OS.C6H6/c1-18-11-8-13(12-6-5-7-12)15-14(17)16-9-3-2-4-10-16;1-2-4-6-5-3-1/h8,11-13H,2-7,9-10H2,1H3,(H,15,17);1-6H/b11-8+;. The van der Waals surface area contributed by atoms with Gasteiger partial charge in [0.25, 0.3) is 0 Å². The molecule has 1 aliphatic carbocycles. The van der Waals surface area contributed by atoms with E-state index >= 15 is 0 Å². The Morgan fingerprint density at radius 3 is 2.08 bits per heavy atom. The van der Waals surface area contributed by atoms with Gasteiger partial charge >= 0.3 is 6.03 Å². The molecule has 24 heavy (non-hydrogen) atoms. The van der Waals surface area contributed by atoms with Crippen molar-refractivity contribution in [2.24, 2.45) is 5.92 Å². The van der Waals surface area contributed by atoms with E-state index in [1.165, 1.54) is 25.7 Å². The minimum atomic E-state index is 0.136. The fourth-order valence-electron chi connectivity index (χ4n) is 3.00. The van der Waals surface area contributed by atoms with E-state index < -0.39 is 0 Å². The van der Waals surface area contributed by atoms with Crippen molar-refractivity contribution in [1.29, 1.82) is 0 Å². The molecule has 132 valence electrons. The van der Waals surface area contributed by atoms with Crippen LogP contribution >= 0.6 is 11.8 Å². The number of amides is 2. The predicted octanol–water partition coefficient (Wildman–Crippen LogP) is 4.91. The second kappa shape index (κ2) is 11.2. The second-order valence-corrected chi connectivity index (χ2v) is 7.18. The lowest BCUT2D eigenvalue weighted by Crippen LogP contribution is -2.49. The number of nitrogens with zero attached hydrogens (tertiary/aromatic N) is 1. The van der Waals surface area contributed by atoms with Gasteiger partial charge in [-0.1, -0.05) is 48.9 Å². The number of hydrogen-bond donors (Lipinski definition) is 1. The van der Waals surface area contributed by atoms with Crippen molar-refractivity contribution >= 4 is 17.8 Å². The summed E-state index contributed by atoms with van der Waals surface area (Å²) in [7, 11) is 0. The van der Waals surface area contributed by atoms with Gasteiger partial charge in [-0.25, -0.2) is 4.79 Å². The third-order valence-corrected chi connectivity index (χ3v) is 5.11. The van der Waals surface area contributed by atoms with E-state index in [9.17, 15) is 4.79 Å². The molecule has 1 saturated carbocycles. The Morgan fingerprint density at radius 1 is 1.04 bits per heavy atom. The number of likely N-dealkylation sites (tertiary alicyclic amines) is 1. The Morgan fingerprint density at radius 2 is 1.62 bits per heavy atom. The first-order valence-corrected chi connectivity index (χ1v) is 10.3. The molecule has 1 aliphatic heterocycles. The molecule has 1 unspecified atom stereocenters. The Hall–Kier alpha value is -1.42. The average molecular weight is 347 g/mol. The number of carbonyl (C=O) groups is 1. The van der Waals surface area contributed by atoms with Gasteiger partial charge in [-0.2, -0.15) is 0 Å². The first-order valence-electron chi connectivity index (χ1n) is 9.06. The smallest absolute Gasteiger partial charge is 0.317 e. The van der Waals surface area contributed by atoms with E-state index in [1.807, 2.05) is 41.3 Å². The summed E-state index contributed by atoms with van der Waals surface area (Å²) in [5.41, 5.74) is 0. The number of carbonyl (C=O) groups excluding carboxylic acids is 1. The van der Waals surface area contributed by atoms with Crippen LogP contribution in [0.15, 0.2) is 47.9 Å². The van der Waals surface area contributed by atoms with Crippen molar-refractivity contribution in [1.82, 2.24) is 10.2 Å². The minimum Gasteiger partial charge on any atom is -0.331 e. The van der Waals surface area contributed by atoms with Gasteiger partial charge in [0.2, 0.25) is 0 Å². The summed E-state index contributed by atoms with van der Waals surface area (Å²) < 4.78 is 0. The molecule has 1 heterocycles. The number of piperidine rings is 1. The number of rotatable bonds is 4. The van der Waals surface area contributed by atoms with Gasteiger partial charge in [-0.05, 0) is 49.7 Å². The van der Waals surface area contributed by atoms with Crippen LogP contribution < -0.4 is 5.32 Å². The SMILES string of the molecule is CS/C=C/C(NC(=O)N1CCCCC1)C1CCC1.c1ccccc1. The summed E-state index contributed by atoms with van der Waals surface area (Å²) in [6, 6.07) is 12.4. The lowest BCUT2D eigenvalue weighted by atomic mass is 9.80. The van der Waals surface area contributed by atoms with Crippen molar-refractivity contribution in [2.45, 2.75) is 44.6 Å². The lowest BCUT2D eigenvalue weighted by Gasteiger charge is -2.35. The maximum absolute atomic E-state index is 12.2. The second-order valence-electron chi connectivity index (χ2n) is 6.43. The van der Waals surface area contributed by atoms with Gasteiger partial charge < -0.3 is 10.2 Å². The summed E-state index contributed by atoms with van der Waals surface area (Å²) in [5, 5.41) is 5.31. The molecule has 0 aromatic heterocycles. The van der Waals surface area contributed by atoms with Crippen molar-refractivity contribution in [3.63, 3.8) is 0 Å². The molecule has 2 aliphatic rings. The molecule has 1 N–H and O–H groups in total. The molecule has 1 saturated heterocycles. The predicted molar refractivity (Wildman–Crippen MR) is 104 cm³/mol. The maximum atomic E-state index is 12.2. The van der Waals surface area contributed by atoms with Crippen molar-refractivity contribution < 1.29 is 4.79 Å². The van der Waals surface area contributed by atoms with Crippen LogP contribution in [0.25, 0.3) is 0 Å². The highest BCUT2D eigenvalue weighted by Crippen LogP contribution is 2.30. The minimum absolute atomic E-state index is 0.136. The molecule has 0 radical (unpaired) electrons. The summed E-state index contributed by atoms with van der Waals surface area (Å²) in [5.74, 6) is 0.655. The monoisotopic (exact) mass is 346 g/mol. The fourth-order valence-corrected chi connectivity index (χ4v) is 3.33. The largest absolute Gasteiger partial charge is 0.331 e. The lowest BCUT2D eigenvalue weighted by molar-refractivity contribution is 0.174. The van der Waals surface area contributed by atoms with Gasteiger partial charge in [0.1, 0.15) is 0 Å². The molecule has 2 amide bonds. The highest BCUT2D eigenvalue weighted by Gasteiger charge is 2.28. The van der Waals surface area contributed by atoms with Crippen molar-refractivity contribution in [2.75, 3.05) is 19.3 Å². The van der Waals surface area contributed by atoms with Crippen LogP contribution in [-0.4, -0.2) is 36.3 Å². The first-order chi connectivity index (χ1) is 11.8. The van der Waals surface area contributed by atoms with Gasteiger partial charge in [0, 0.05) is 13.1 Å². The summed E-state index contributed by atoms with van der Waals surface area (Å²) in [4.78, 5) is 14.2. The van der Waals surface area contributed by atoms with Crippen LogP contribution in [0.2, 0.25) is 0 Å². The summed E-state index contributed by atoms with van der Waals surface area (Å²) in [6.07, 6.45) is 11.6. The molecular weight excluding hydrogens is 316 g/mol. The fraction of sp³-hybridized carbons (Fsp3) is 0.550. The Kier molecular flexibility index (Phi) is 8.82. The van der Waals surface area contributed by atoms with Gasteiger partial charge in [-0.15, -0.1) is 11.8 Å². The van der Waals surface area contributed by atoms with E-state index in [2.05, 4.69) is 23.1 Å². The quantitative estimate of drug-likeness (QED) is 0.840. The van der Waals surface area contributed by atoms with Gasteiger partial charge in [0.15, 0.2) is 0 Å². The molecule has 1 atom stereocenters. The van der Waals surface area contributed by atoms with Gasteiger partial charge in [0.05, 0.1) is 6.04 Å². The van der Waals surface area contributed by atoms with Crippen LogP contribution in [0, 0.1) is 5.92 Å². The molecule has 1 aromatic rings. The third kappa shape index (κ3) is 6.60. The highest BCUT2D eigenvalue weighted by molar-refractivity contribution is 8.01. The number of benzene rings is 1. The molecule has 4 heteroatoms. The van der Waals surface area contributed by atoms with Crippen LogP contribution in [-0.2, 0) is 0 Å². The number of nitrogens with one attached hydrogen (secondary N) is 1. The maximum Gasteiger partial charge on any atom is 0.317 e. The molecule has 0 bridgehead atoms. The number of hydrogen-bond acceptors (Lipinski definition) is 2. The zero-order valence-electron chi connectivity index (χ0n) is 14.7. The highest BCUT2D eigenvalue weighted by atomic mass is 32.2. The van der Waals surface area contributed by atoms with Crippen molar-refractivity contribution in [3.05, 3.63) is 47.9 Å². The Bertz CT molecular complexity index is 455. The van der Waals surface area contributed by atoms with E-state index in [1.54, 1.807) is 11.8 Å². The molecule has 0 spiro atoms. The van der Waals surface area contributed by atoms with E-state index in [0.29, 0.717) is 5.92 Å². The van der Waals surface area contributed by atoms with E-state index in [-0.39, 0.29) is 12.1 Å². The first kappa shape index (κ1) is 18.9. The van der Waals surface area contributed by atoms with Crippen molar-refractivity contribution in [3.8, 4) is 0 Å². The van der Waals surface area contributed by atoms with Crippen LogP contribution in [0.1, 0.15) is 38.5 Å². The zero-order valence-corrected chi connectivity index (χ0v) is 15.5. The van der Waals surface area contributed by atoms with Crippen LogP contribution in [0.5, 0.6) is 0 Å². The summed E-state index contributed by atoms with van der Waals surface area (Å²) >= 11 is 1.70. The average Bonchev–Trinajstić information content (AvgIpc) is 2.61. The van der Waals surface area contributed by atoms with Crippen LogP contribution in [0.3, 0.4) is 0 Å². The van der Waals surface area contributed by atoms with Crippen LogP contribution in [0.4, 0.5) is 4.79 Å². The molecule has 2 fully saturated rings. The molecule has 3 nitrogen and oxygen atoms in total. The molecule has 3 rings (SSSR count). The molecular formula is C20H30N2OS. The normalized spacial score (nSPS) is 19.1. The van der Waals surface area contributed by atoms with E-state index in [0.717, 1.165) is 25.9 Å². The topological polar surface area (TPSA) is 32.3 Å². The van der Waals surface area contributed by atoms with E-state index in [4.69, 9.17) is 0 Å².